The molecule has 4 aromatic rings. The van der Waals surface area contributed by atoms with E-state index in [1.165, 1.54) is 29.2 Å². The summed E-state index contributed by atoms with van der Waals surface area (Å²) < 4.78 is 41.8. The number of carbonyl (C=O) groups is 2. The lowest BCUT2D eigenvalue weighted by Gasteiger charge is -2.14. The molecule has 3 heterocycles. The third-order valence-electron chi connectivity index (χ3n) is 5.32. The van der Waals surface area contributed by atoms with Gasteiger partial charge in [-0.05, 0) is 53.2 Å². The van der Waals surface area contributed by atoms with Gasteiger partial charge in [0.1, 0.15) is 5.69 Å². The monoisotopic (exact) mass is 518 g/mol. The van der Waals surface area contributed by atoms with Gasteiger partial charge in [0.15, 0.2) is 0 Å². The van der Waals surface area contributed by atoms with Crippen LogP contribution in [0.5, 0.6) is 0 Å². The van der Waals surface area contributed by atoms with Crippen molar-refractivity contribution >= 4 is 51.5 Å². The molecule has 178 valence electrons. The van der Waals surface area contributed by atoms with Gasteiger partial charge in [0.25, 0.3) is 11.1 Å². The maximum absolute atomic E-state index is 13.5. The number of benzene rings is 2. The first-order chi connectivity index (χ1) is 16.7. The molecule has 5 rings (SSSR count). The van der Waals surface area contributed by atoms with Gasteiger partial charge in [0, 0.05) is 10.4 Å². The standard InChI is InChI=1S/C22H14ClF3N6O2S/c23-15-3-2-13(17(7-15)22(24,25)26)10-32-18-4-1-12(5-14(18)8-28-32)6-19-20(33)31(21(34)35-19)11-16-9-27-30-29-16/h1-9H,10-11H2,(H,27,29,30). The molecule has 1 saturated heterocycles. The van der Waals surface area contributed by atoms with Crippen molar-refractivity contribution in [2.45, 2.75) is 19.3 Å². The third-order valence-corrected chi connectivity index (χ3v) is 6.46. The summed E-state index contributed by atoms with van der Waals surface area (Å²) in [7, 11) is 0. The van der Waals surface area contributed by atoms with Crippen LogP contribution in [0.3, 0.4) is 0 Å². The number of carbonyl (C=O) groups excluding carboxylic acids is 2. The van der Waals surface area contributed by atoms with Crippen molar-refractivity contribution in [2.24, 2.45) is 0 Å². The summed E-state index contributed by atoms with van der Waals surface area (Å²) in [5.74, 6) is -0.443. The fourth-order valence-electron chi connectivity index (χ4n) is 3.68. The smallest absolute Gasteiger partial charge is 0.268 e. The Labute approximate surface area is 204 Å². The molecular formula is C22H14ClF3N6O2S. The maximum atomic E-state index is 13.5. The van der Waals surface area contributed by atoms with E-state index in [4.69, 9.17) is 11.6 Å². The van der Waals surface area contributed by atoms with Gasteiger partial charge in [-0.3, -0.25) is 19.2 Å². The molecule has 0 saturated carbocycles. The van der Waals surface area contributed by atoms with Gasteiger partial charge >= 0.3 is 6.18 Å². The van der Waals surface area contributed by atoms with E-state index >= 15 is 0 Å². The van der Waals surface area contributed by atoms with Crippen molar-refractivity contribution in [1.29, 1.82) is 0 Å². The van der Waals surface area contributed by atoms with Crippen LogP contribution < -0.4 is 0 Å². The number of nitrogens with zero attached hydrogens (tertiary/aromatic N) is 5. The Morgan fingerprint density at radius 3 is 2.66 bits per heavy atom. The number of alkyl halides is 3. The van der Waals surface area contributed by atoms with Gasteiger partial charge in [-0.2, -0.15) is 33.7 Å². The largest absolute Gasteiger partial charge is 0.416 e. The number of hydrogen-bond acceptors (Lipinski definition) is 6. The van der Waals surface area contributed by atoms with Crippen molar-refractivity contribution in [3.05, 3.63) is 81.1 Å². The van der Waals surface area contributed by atoms with Gasteiger partial charge in [-0.25, -0.2) is 0 Å². The summed E-state index contributed by atoms with van der Waals surface area (Å²) in [5, 5.41) is 14.4. The highest BCUT2D eigenvalue weighted by molar-refractivity contribution is 8.18. The zero-order valence-electron chi connectivity index (χ0n) is 17.6. The second-order valence-electron chi connectivity index (χ2n) is 7.65. The highest BCUT2D eigenvalue weighted by Gasteiger charge is 2.36. The van der Waals surface area contributed by atoms with Crippen LogP contribution in [0.1, 0.15) is 22.4 Å². The fourth-order valence-corrected chi connectivity index (χ4v) is 4.69. The maximum Gasteiger partial charge on any atom is 0.416 e. The Morgan fingerprint density at radius 1 is 1.09 bits per heavy atom. The third kappa shape index (κ3) is 4.66. The summed E-state index contributed by atoms with van der Waals surface area (Å²) in [5.41, 5.74) is 0.941. The van der Waals surface area contributed by atoms with Crippen LogP contribution in [-0.4, -0.2) is 41.2 Å². The molecule has 1 N–H and O–H groups in total. The highest BCUT2D eigenvalue weighted by atomic mass is 35.5. The Hall–Kier alpha value is -3.64. The van der Waals surface area contributed by atoms with Crippen molar-refractivity contribution in [1.82, 2.24) is 30.1 Å². The summed E-state index contributed by atoms with van der Waals surface area (Å²) in [4.78, 5) is 26.3. The number of aromatic amines is 1. The molecule has 2 amide bonds. The van der Waals surface area contributed by atoms with E-state index in [1.54, 1.807) is 24.3 Å². The van der Waals surface area contributed by atoms with Crippen LogP contribution in [0.15, 0.2) is 53.7 Å². The van der Waals surface area contributed by atoms with Crippen LogP contribution in [-0.2, 0) is 24.1 Å². The van der Waals surface area contributed by atoms with Gasteiger partial charge in [0.05, 0.1) is 41.5 Å². The van der Waals surface area contributed by atoms with Gasteiger partial charge in [0.2, 0.25) is 0 Å². The number of H-pyrrole nitrogens is 1. The van der Waals surface area contributed by atoms with E-state index in [2.05, 4.69) is 20.5 Å². The first kappa shape index (κ1) is 23.1. The highest BCUT2D eigenvalue weighted by Crippen LogP contribution is 2.35. The topological polar surface area (TPSA) is 96.8 Å². The van der Waals surface area contributed by atoms with E-state index in [9.17, 15) is 22.8 Å². The average molecular weight is 519 g/mol. The molecule has 1 aliphatic rings. The number of fused-ring (bicyclic) bond motifs is 1. The first-order valence-corrected chi connectivity index (χ1v) is 11.3. The zero-order chi connectivity index (χ0) is 24.7. The van der Waals surface area contributed by atoms with Crippen LogP contribution in [0.4, 0.5) is 18.0 Å². The number of thioether (sulfide) groups is 1. The first-order valence-electron chi connectivity index (χ1n) is 10.1. The molecule has 8 nitrogen and oxygen atoms in total. The quantitative estimate of drug-likeness (QED) is 0.369. The predicted molar refractivity (Wildman–Crippen MR) is 123 cm³/mol. The fraction of sp³-hybridized carbons (Fsp3) is 0.136. The van der Waals surface area contributed by atoms with E-state index in [1.807, 2.05) is 0 Å². The molecule has 2 aromatic heterocycles. The lowest BCUT2D eigenvalue weighted by molar-refractivity contribution is -0.138. The molecule has 0 radical (unpaired) electrons. The SMILES string of the molecule is O=C1SC(=Cc2ccc3c(cnn3Cc3ccc(Cl)cc3C(F)(F)F)c2)C(=O)N1Cc1cn[nH]n1. The minimum atomic E-state index is -4.55. The normalized spacial score (nSPS) is 15.7. The molecule has 13 heteroatoms. The minimum absolute atomic E-state index is 0.00137. The second-order valence-corrected chi connectivity index (χ2v) is 9.08. The minimum Gasteiger partial charge on any atom is -0.268 e. The number of hydrogen-bond donors (Lipinski definition) is 1. The molecule has 0 unspecified atom stereocenters. The van der Waals surface area contributed by atoms with Crippen molar-refractivity contribution in [2.75, 3.05) is 0 Å². The lowest BCUT2D eigenvalue weighted by atomic mass is 10.1. The van der Waals surface area contributed by atoms with E-state index < -0.39 is 22.9 Å². The van der Waals surface area contributed by atoms with Crippen molar-refractivity contribution in [3.63, 3.8) is 0 Å². The van der Waals surface area contributed by atoms with Crippen LogP contribution in [0.2, 0.25) is 5.02 Å². The molecule has 35 heavy (non-hydrogen) atoms. The number of rotatable bonds is 5. The van der Waals surface area contributed by atoms with Crippen molar-refractivity contribution < 1.29 is 22.8 Å². The van der Waals surface area contributed by atoms with Crippen molar-refractivity contribution in [3.8, 4) is 0 Å². The summed E-state index contributed by atoms with van der Waals surface area (Å²) >= 11 is 6.58. The molecule has 2 aromatic carbocycles. The molecule has 0 aliphatic carbocycles. The average Bonchev–Trinajstić information content (AvgIpc) is 3.52. The number of amides is 2. The predicted octanol–water partition coefficient (Wildman–Crippen LogP) is 5.11. The Morgan fingerprint density at radius 2 is 1.91 bits per heavy atom. The summed E-state index contributed by atoms with van der Waals surface area (Å²) in [6.07, 6.45) is 0.00480. The molecule has 1 aliphatic heterocycles. The van der Waals surface area contributed by atoms with Crippen LogP contribution in [0, 0.1) is 0 Å². The molecule has 0 atom stereocenters. The van der Waals surface area contributed by atoms with Crippen LogP contribution in [0.25, 0.3) is 17.0 Å². The molecule has 0 spiro atoms. The Kier molecular flexibility index (Phi) is 5.85. The van der Waals surface area contributed by atoms with E-state index in [0.29, 0.717) is 22.2 Å². The molecular weight excluding hydrogens is 505 g/mol. The van der Waals surface area contributed by atoms with E-state index in [-0.39, 0.29) is 28.6 Å². The Balaban J connectivity index is 1.40. The Bertz CT molecular complexity index is 1480. The lowest BCUT2D eigenvalue weighted by Crippen LogP contribution is -2.27. The van der Waals surface area contributed by atoms with Crippen LogP contribution >= 0.6 is 23.4 Å². The summed E-state index contributed by atoms with van der Waals surface area (Å²) in [6.45, 7) is -0.0925. The number of nitrogens with one attached hydrogen (secondary N) is 1. The number of imide groups is 1. The number of halogens is 4. The van der Waals surface area contributed by atoms with E-state index in [0.717, 1.165) is 22.7 Å². The zero-order valence-corrected chi connectivity index (χ0v) is 19.2. The number of aromatic nitrogens is 5. The second kappa shape index (κ2) is 8.86. The van der Waals surface area contributed by atoms with Gasteiger partial charge < -0.3 is 0 Å². The van der Waals surface area contributed by atoms with Gasteiger partial charge in [-0.1, -0.05) is 23.7 Å². The molecule has 0 bridgehead atoms. The van der Waals surface area contributed by atoms with Gasteiger partial charge in [-0.15, -0.1) is 0 Å². The molecule has 1 fully saturated rings. The summed E-state index contributed by atoms with van der Waals surface area (Å²) in [6, 6.07) is 8.80.